The van der Waals surface area contributed by atoms with Gasteiger partial charge in [0.05, 0.1) is 5.56 Å². The van der Waals surface area contributed by atoms with Crippen molar-refractivity contribution in [2.24, 2.45) is 5.92 Å². The number of carboxylic acid groups (broad SMARTS) is 1. The fourth-order valence-corrected chi connectivity index (χ4v) is 4.99. The first-order chi connectivity index (χ1) is 17.4. The number of carboxylic acids is 1. The molecule has 2 aliphatic heterocycles. The molecule has 186 valence electrons. The molecule has 1 unspecified atom stereocenters. The molecule has 0 radical (unpaired) electrons. The van der Waals surface area contributed by atoms with E-state index in [1.165, 1.54) is 19.5 Å². The Bertz CT molecular complexity index is 1270. The number of fused-ring (bicyclic) bond motifs is 1. The first-order valence-corrected chi connectivity index (χ1v) is 12.4. The quantitative estimate of drug-likeness (QED) is 0.415. The first-order valence-electron chi connectivity index (χ1n) is 12.4. The van der Waals surface area contributed by atoms with Crippen LogP contribution in [0.25, 0.3) is 11.1 Å². The third-order valence-electron chi connectivity index (χ3n) is 7.19. The van der Waals surface area contributed by atoms with Gasteiger partial charge in [-0.25, -0.2) is 4.79 Å². The molecular formula is C30H31NO5. The van der Waals surface area contributed by atoms with Gasteiger partial charge in [-0.1, -0.05) is 37.6 Å². The Morgan fingerprint density at radius 2 is 1.78 bits per heavy atom. The van der Waals surface area contributed by atoms with Gasteiger partial charge in [-0.2, -0.15) is 0 Å². The minimum absolute atomic E-state index is 0.167. The fraction of sp³-hybridized carbons (Fsp3) is 0.300. The van der Waals surface area contributed by atoms with Crippen molar-refractivity contribution in [1.29, 1.82) is 0 Å². The Morgan fingerprint density at radius 1 is 1.06 bits per heavy atom. The van der Waals surface area contributed by atoms with Crippen LogP contribution in [-0.2, 0) is 0 Å². The van der Waals surface area contributed by atoms with Gasteiger partial charge in [0.15, 0.2) is 0 Å². The van der Waals surface area contributed by atoms with Crippen molar-refractivity contribution in [3.8, 4) is 17.2 Å². The summed E-state index contributed by atoms with van der Waals surface area (Å²) in [6.07, 6.45) is 0.853. The second-order valence-electron chi connectivity index (χ2n) is 9.55. The highest BCUT2D eigenvalue weighted by atomic mass is 16.5. The summed E-state index contributed by atoms with van der Waals surface area (Å²) >= 11 is 0. The van der Waals surface area contributed by atoms with E-state index >= 15 is 0 Å². The number of allylic oxidation sites excluding steroid dienone is 1. The molecule has 2 aliphatic rings. The van der Waals surface area contributed by atoms with Crippen molar-refractivity contribution < 1.29 is 24.5 Å². The maximum atomic E-state index is 11.4. The molecule has 1 saturated heterocycles. The van der Waals surface area contributed by atoms with Crippen LogP contribution in [0.3, 0.4) is 0 Å². The lowest BCUT2D eigenvalue weighted by atomic mass is 9.86. The number of ether oxygens (including phenoxy) is 2. The van der Waals surface area contributed by atoms with E-state index in [1.54, 1.807) is 30.3 Å². The summed E-state index contributed by atoms with van der Waals surface area (Å²) in [5.41, 5.74) is 4.79. The lowest BCUT2D eigenvalue weighted by Crippen LogP contribution is -2.47. The summed E-state index contributed by atoms with van der Waals surface area (Å²) in [7, 11) is 0. The van der Waals surface area contributed by atoms with Gasteiger partial charge < -0.3 is 19.7 Å². The Balaban J connectivity index is 1.39. The van der Waals surface area contributed by atoms with Gasteiger partial charge in [0, 0.05) is 30.8 Å². The van der Waals surface area contributed by atoms with Crippen molar-refractivity contribution in [2.45, 2.75) is 26.4 Å². The minimum atomic E-state index is -0.964. The molecule has 0 aliphatic carbocycles. The number of nitrogens with zero attached hydrogens (tertiary/aromatic N) is 1. The fourth-order valence-electron chi connectivity index (χ4n) is 4.99. The number of phenolic OH excluding ortho intramolecular Hbond substituents is 1. The third-order valence-corrected chi connectivity index (χ3v) is 7.19. The summed E-state index contributed by atoms with van der Waals surface area (Å²) < 4.78 is 12.4. The second kappa shape index (κ2) is 10.1. The standard InChI is InChI=1S/C30H31NO5/c1-3-20-17-31(18-20)14-15-35-25-11-8-22(9-12-25)29-28(21-4-6-23(7-5-21)30(33)34)19(2)26-16-24(32)10-13-27(26)36-29/h4-13,16,20,29,32H,3,14-15,17-18H2,1-2H3,(H,33,34). The molecule has 0 bridgehead atoms. The Kier molecular flexibility index (Phi) is 6.70. The van der Waals surface area contributed by atoms with Crippen LogP contribution in [-0.4, -0.2) is 47.3 Å². The zero-order valence-electron chi connectivity index (χ0n) is 20.6. The zero-order chi connectivity index (χ0) is 25.2. The Morgan fingerprint density at radius 3 is 2.44 bits per heavy atom. The summed E-state index contributed by atoms with van der Waals surface area (Å²) in [5, 5.41) is 19.4. The molecule has 6 heteroatoms. The van der Waals surface area contributed by atoms with E-state index in [0.29, 0.717) is 12.4 Å². The SMILES string of the molecule is CCC1CN(CCOc2ccc(C3Oc4ccc(O)cc4C(C)=C3c3ccc(C(=O)O)cc3)cc2)C1. The summed E-state index contributed by atoms with van der Waals surface area (Å²) in [4.78, 5) is 13.8. The number of rotatable bonds is 8. The van der Waals surface area contributed by atoms with E-state index in [0.717, 1.165) is 46.0 Å². The van der Waals surface area contributed by atoms with Crippen LogP contribution in [0, 0.1) is 5.92 Å². The summed E-state index contributed by atoms with van der Waals surface area (Å²) in [6.45, 7) is 8.17. The van der Waals surface area contributed by atoms with Gasteiger partial charge in [-0.15, -0.1) is 0 Å². The highest BCUT2D eigenvalue weighted by Gasteiger charge is 2.30. The number of hydrogen-bond donors (Lipinski definition) is 2. The molecule has 6 nitrogen and oxygen atoms in total. The van der Waals surface area contributed by atoms with Crippen LogP contribution in [0.5, 0.6) is 17.2 Å². The molecule has 3 aromatic carbocycles. The lowest BCUT2D eigenvalue weighted by Gasteiger charge is -2.38. The van der Waals surface area contributed by atoms with Crippen LogP contribution < -0.4 is 9.47 Å². The highest BCUT2D eigenvalue weighted by Crippen LogP contribution is 2.47. The third kappa shape index (κ3) is 4.82. The predicted octanol–water partition coefficient (Wildman–Crippen LogP) is 5.88. The van der Waals surface area contributed by atoms with Crippen molar-refractivity contribution in [3.63, 3.8) is 0 Å². The molecule has 0 saturated carbocycles. The van der Waals surface area contributed by atoms with Crippen LogP contribution in [0.15, 0.2) is 66.7 Å². The molecule has 36 heavy (non-hydrogen) atoms. The number of hydrogen-bond acceptors (Lipinski definition) is 5. The smallest absolute Gasteiger partial charge is 0.335 e. The predicted molar refractivity (Wildman–Crippen MR) is 140 cm³/mol. The number of carbonyl (C=O) groups is 1. The van der Waals surface area contributed by atoms with E-state index in [1.807, 2.05) is 43.3 Å². The van der Waals surface area contributed by atoms with Crippen molar-refractivity contribution in [2.75, 3.05) is 26.2 Å². The normalized spacial score (nSPS) is 17.8. The number of likely N-dealkylation sites (tertiary alicyclic amines) is 1. The molecule has 1 atom stereocenters. The van der Waals surface area contributed by atoms with Crippen molar-refractivity contribution in [3.05, 3.63) is 89.0 Å². The second-order valence-corrected chi connectivity index (χ2v) is 9.55. The zero-order valence-corrected chi connectivity index (χ0v) is 20.6. The molecular weight excluding hydrogens is 454 g/mol. The number of aromatic carboxylic acids is 1. The Hall–Kier alpha value is -3.77. The molecule has 0 amide bonds. The van der Waals surface area contributed by atoms with E-state index < -0.39 is 5.97 Å². The van der Waals surface area contributed by atoms with Crippen molar-refractivity contribution >= 4 is 17.1 Å². The van der Waals surface area contributed by atoms with Gasteiger partial charge in [-0.3, -0.25) is 4.90 Å². The minimum Gasteiger partial charge on any atom is -0.508 e. The monoisotopic (exact) mass is 485 g/mol. The number of phenols is 1. The van der Waals surface area contributed by atoms with Crippen LogP contribution >= 0.6 is 0 Å². The van der Waals surface area contributed by atoms with Crippen molar-refractivity contribution in [1.82, 2.24) is 4.90 Å². The molecule has 0 spiro atoms. The maximum Gasteiger partial charge on any atom is 0.335 e. The van der Waals surface area contributed by atoms with Crippen LogP contribution in [0.4, 0.5) is 0 Å². The van der Waals surface area contributed by atoms with Gasteiger partial charge in [0.25, 0.3) is 0 Å². The average Bonchev–Trinajstić information content (AvgIpc) is 2.86. The maximum absolute atomic E-state index is 11.4. The van der Waals surface area contributed by atoms with E-state index in [9.17, 15) is 15.0 Å². The average molecular weight is 486 g/mol. The Labute approximate surface area is 211 Å². The number of aromatic hydroxyl groups is 1. The first kappa shape index (κ1) is 23.9. The van der Waals surface area contributed by atoms with E-state index in [4.69, 9.17) is 9.47 Å². The lowest BCUT2D eigenvalue weighted by molar-refractivity contribution is 0.0697. The van der Waals surface area contributed by atoms with E-state index in [-0.39, 0.29) is 17.4 Å². The van der Waals surface area contributed by atoms with Gasteiger partial charge in [0.1, 0.15) is 30.0 Å². The van der Waals surface area contributed by atoms with Gasteiger partial charge >= 0.3 is 5.97 Å². The molecule has 0 aromatic heterocycles. The van der Waals surface area contributed by atoms with Gasteiger partial charge in [-0.05, 0) is 72.0 Å². The van der Waals surface area contributed by atoms with Gasteiger partial charge in [0.2, 0.25) is 0 Å². The molecule has 5 rings (SSSR count). The molecule has 1 fully saturated rings. The summed E-state index contributed by atoms with van der Waals surface area (Å²) in [5.74, 6) is 1.55. The summed E-state index contributed by atoms with van der Waals surface area (Å²) in [6, 6.07) is 19.9. The van der Waals surface area contributed by atoms with Crippen LogP contribution in [0.1, 0.15) is 53.4 Å². The largest absolute Gasteiger partial charge is 0.508 e. The van der Waals surface area contributed by atoms with Crippen LogP contribution in [0.2, 0.25) is 0 Å². The molecule has 2 heterocycles. The highest BCUT2D eigenvalue weighted by molar-refractivity contribution is 5.96. The van der Waals surface area contributed by atoms with E-state index in [2.05, 4.69) is 11.8 Å². The number of benzene rings is 3. The molecule has 2 N–H and O–H groups in total. The topological polar surface area (TPSA) is 79.2 Å². The molecule has 3 aromatic rings.